The van der Waals surface area contributed by atoms with Gasteiger partial charge in [0.2, 0.25) is 11.8 Å². The Labute approximate surface area is 249 Å². The molecular weight excluding hydrogens is 554 g/mol. The second-order valence-corrected chi connectivity index (χ2v) is 12.2. The highest BCUT2D eigenvalue weighted by molar-refractivity contribution is 7.92. The van der Waals surface area contributed by atoms with Crippen LogP contribution in [0.2, 0.25) is 0 Å². The average molecular weight is 596 g/mol. The summed E-state index contributed by atoms with van der Waals surface area (Å²) >= 11 is 0. The van der Waals surface area contributed by atoms with E-state index < -0.39 is 28.5 Å². The summed E-state index contributed by atoms with van der Waals surface area (Å²) in [5, 5.41) is 2.94. The molecule has 226 valence electrons. The second-order valence-electron chi connectivity index (χ2n) is 10.4. The number of amides is 2. The molecule has 3 aromatic carbocycles. The van der Waals surface area contributed by atoms with Crippen molar-refractivity contribution in [2.45, 2.75) is 64.6 Å². The zero-order chi connectivity index (χ0) is 31.0. The van der Waals surface area contributed by atoms with Gasteiger partial charge in [-0.15, -0.1) is 0 Å². The third-order valence-corrected chi connectivity index (χ3v) is 8.95. The van der Waals surface area contributed by atoms with Gasteiger partial charge in [-0.3, -0.25) is 13.9 Å². The first-order valence-electron chi connectivity index (χ1n) is 13.9. The molecule has 0 fully saturated rings. The molecule has 0 unspecified atom stereocenters. The molecule has 0 aliphatic rings. The van der Waals surface area contributed by atoms with Crippen molar-refractivity contribution in [1.29, 1.82) is 0 Å². The number of methoxy groups -OCH3 is 2. The average Bonchev–Trinajstić information content (AvgIpc) is 2.98. The minimum atomic E-state index is -4.21. The van der Waals surface area contributed by atoms with Crippen molar-refractivity contribution in [3.05, 3.63) is 83.4 Å². The first kappa shape index (κ1) is 32.5. The minimum Gasteiger partial charge on any atom is -0.497 e. The van der Waals surface area contributed by atoms with E-state index in [0.29, 0.717) is 11.5 Å². The second kappa shape index (κ2) is 14.2. The van der Waals surface area contributed by atoms with Crippen molar-refractivity contribution >= 4 is 27.5 Å². The predicted molar refractivity (Wildman–Crippen MR) is 164 cm³/mol. The lowest BCUT2D eigenvalue weighted by Crippen LogP contribution is -2.52. The van der Waals surface area contributed by atoms with Crippen LogP contribution in [0.15, 0.2) is 71.6 Å². The van der Waals surface area contributed by atoms with Gasteiger partial charge in [0, 0.05) is 12.6 Å². The van der Waals surface area contributed by atoms with E-state index in [0.717, 1.165) is 27.4 Å². The highest BCUT2D eigenvalue weighted by atomic mass is 32.2. The van der Waals surface area contributed by atoms with Crippen molar-refractivity contribution in [2.75, 3.05) is 25.1 Å². The Hall–Kier alpha value is -4.05. The van der Waals surface area contributed by atoms with Gasteiger partial charge in [0.25, 0.3) is 10.0 Å². The van der Waals surface area contributed by atoms with Crippen molar-refractivity contribution < 1.29 is 27.5 Å². The molecule has 0 heterocycles. The number of ether oxygens (including phenoxy) is 2. The van der Waals surface area contributed by atoms with E-state index >= 15 is 0 Å². The fourth-order valence-electron chi connectivity index (χ4n) is 4.32. The van der Waals surface area contributed by atoms with Gasteiger partial charge in [-0.1, -0.05) is 42.8 Å². The van der Waals surface area contributed by atoms with Crippen LogP contribution in [0.4, 0.5) is 5.69 Å². The van der Waals surface area contributed by atoms with Crippen LogP contribution in [0.25, 0.3) is 0 Å². The van der Waals surface area contributed by atoms with Crippen LogP contribution in [0.3, 0.4) is 0 Å². The lowest BCUT2D eigenvalue weighted by molar-refractivity contribution is -0.139. The molecule has 9 nitrogen and oxygen atoms in total. The lowest BCUT2D eigenvalue weighted by Gasteiger charge is -2.33. The van der Waals surface area contributed by atoms with E-state index in [1.807, 2.05) is 39.8 Å². The van der Waals surface area contributed by atoms with Gasteiger partial charge < -0.3 is 19.7 Å². The van der Waals surface area contributed by atoms with E-state index in [4.69, 9.17) is 9.47 Å². The molecule has 10 heteroatoms. The van der Waals surface area contributed by atoms with Gasteiger partial charge in [0.15, 0.2) is 0 Å². The molecular formula is C32H41N3O6S. The molecule has 1 N–H and O–H groups in total. The summed E-state index contributed by atoms with van der Waals surface area (Å²) in [5.74, 6) is 0.0820. The monoisotopic (exact) mass is 595 g/mol. The Balaban J connectivity index is 2.09. The summed E-state index contributed by atoms with van der Waals surface area (Å²) in [4.78, 5) is 28.8. The Kier molecular flexibility index (Phi) is 11.0. The SMILES string of the molecule is CC[C@H](C)NC(=O)[C@@H](C)N(Cc1ccc(OC)cc1)C(=O)CN(c1cc(C)ccc1OC)S(=O)(=O)c1ccc(C)cc1. The molecule has 2 atom stereocenters. The number of carbonyl (C=O) groups excluding carboxylic acids is 2. The van der Waals surface area contributed by atoms with Gasteiger partial charge in [0.1, 0.15) is 24.1 Å². The topological polar surface area (TPSA) is 105 Å². The highest BCUT2D eigenvalue weighted by Gasteiger charge is 2.34. The third kappa shape index (κ3) is 7.82. The number of anilines is 1. The number of carbonyl (C=O) groups is 2. The highest BCUT2D eigenvalue weighted by Crippen LogP contribution is 2.34. The fourth-order valence-corrected chi connectivity index (χ4v) is 5.74. The predicted octanol–water partition coefficient (Wildman–Crippen LogP) is 4.85. The van der Waals surface area contributed by atoms with Crippen LogP contribution in [0, 0.1) is 13.8 Å². The van der Waals surface area contributed by atoms with Gasteiger partial charge >= 0.3 is 0 Å². The smallest absolute Gasteiger partial charge is 0.264 e. The molecule has 0 bridgehead atoms. The Morgan fingerprint density at radius 2 is 1.50 bits per heavy atom. The van der Waals surface area contributed by atoms with Crippen LogP contribution < -0.4 is 19.1 Å². The van der Waals surface area contributed by atoms with E-state index in [9.17, 15) is 18.0 Å². The summed E-state index contributed by atoms with van der Waals surface area (Å²) in [7, 11) is -1.20. The number of rotatable bonds is 13. The molecule has 0 saturated carbocycles. The van der Waals surface area contributed by atoms with E-state index in [2.05, 4.69) is 5.32 Å². The molecule has 0 saturated heterocycles. The molecule has 42 heavy (non-hydrogen) atoms. The number of hydrogen-bond acceptors (Lipinski definition) is 6. The van der Waals surface area contributed by atoms with Gasteiger partial charge in [-0.2, -0.15) is 0 Å². The van der Waals surface area contributed by atoms with Gasteiger partial charge in [-0.25, -0.2) is 8.42 Å². The summed E-state index contributed by atoms with van der Waals surface area (Å²) < 4.78 is 40.1. The number of benzene rings is 3. The summed E-state index contributed by atoms with van der Waals surface area (Å²) in [5.41, 5.74) is 2.68. The lowest BCUT2D eigenvalue weighted by atomic mass is 10.1. The van der Waals surface area contributed by atoms with Crippen molar-refractivity contribution in [2.24, 2.45) is 0 Å². The van der Waals surface area contributed by atoms with Crippen LogP contribution >= 0.6 is 0 Å². The quantitative estimate of drug-likeness (QED) is 0.303. The van der Waals surface area contributed by atoms with Crippen LogP contribution in [-0.4, -0.2) is 58.0 Å². The minimum absolute atomic E-state index is 0.0359. The number of nitrogens with one attached hydrogen (secondary N) is 1. The zero-order valence-corrected chi connectivity index (χ0v) is 26.2. The molecule has 3 rings (SSSR count). The maximum absolute atomic E-state index is 14.1. The third-order valence-electron chi connectivity index (χ3n) is 7.17. The number of aryl methyl sites for hydroxylation is 2. The van der Waals surface area contributed by atoms with E-state index in [-0.39, 0.29) is 29.1 Å². The van der Waals surface area contributed by atoms with E-state index in [1.54, 1.807) is 56.5 Å². The standard InChI is InChI=1S/C32H41N3O6S/c1-8-24(4)33-32(37)25(5)34(20-26-12-14-27(40-6)15-13-26)31(36)21-35(29-19-23(3)11-18-30(29)41-7)42(38,39)28-16-9-22(2)10-17-28/h9-19,24-25H,8,20-21H2,1-7H3,(H,33,37)/t24-,25+/m0/s1. The van der Waals surface area contributed by atoms with Crippen LogP contribution in [0.5, 0.6) is 11.5 Å². The first-order valence-corrected chi connectivity index (χ1v) is 15.3. The number of sulfonamides is 1. The zero-order valence-electron chi connectivity index (χ0n) is 25.4. The van der Waals surface area contributed by atoms with Gasteiger partial charge in [0.05, 0.1) is 24.8 Å². The molecule has 3 aromatic rings. The summed E-state index contributed by atoms with van der Waals surface area (Å²) in [6.07, 6.45) is 0.723. The fraction of sp³-hybridized carbons (Fsp3) is 0.375. The molecule has 0 aliphatic carbocycles. The van der Waals surface area contributed by atoms with Crippen molar-refractivity contribution in [3.63, 3.8) is 0 Å². The molecule has 0 radical (unpaired) electrons. The van der Waals surface area contributed by atoms with Gasteiger partial charge in [-0.05, 0) is 81.6 Å². The maximum atomic E-state index is 14.1. The molecule has 0 spiro atoms. The summed E-state index contributed by atoms with van der Waals surface area (Å²) in [6.45, 7) is 8.72. The molecule has 2 amide bonds. The Bertz CT molecular complexity index is 1470. The van der Waals surface area contributed by atoms with E-state index in [1.165, 1.54) is 24.1 Å². The number of nitrogens with zero attached hydrogens (tertiary/aromatic N) is 2. The largest absolute Gasteiger partial charge is 0.497 e. The maximum Gasteiger partial charge on any atom is 0.264 e. The van der Waals surface area contributed by atoms with Crippen LogP contribution in [0.1, 0.15) is 43.9 Å². The van der Waals surface area contributed by atoms with Crippen molar-refractivity contribution in [3.8, 4) is 11.5 Å². The Morgan fingerprint density at radius 1 is 0.881 bits per heavy atom. The Morgan fingerprint density at radius 3 is 2.07 bits per heavy atom. The molecule has 0 aliphatic heterocycles. The molecule has 0 aromatic heterocycles. The normalized spacial score (nSPS) is 12.6. The summed E-state index contributed by atoms with van der Waals surface area (Å²) in [6, 6.07) is 17.8. The van der Waals surface area contributed by atoms with Crippen molar-refractivity contribution in [1.82, 2.24) is 10.2 Å². The first-order chi connectivity index (χ1) is 19.9. The number of hydrogen-bond donors (Lipinski definition) is 1. The van der Waals surface area contributed by atoms with Crippen LogP contribution in [-0.2, 0) is 26.2 Å².